The molecule has 3 aliphatic rings. The normalized spacial score (nSPS) is 17.7. The number of carbonyl (C=O) groups excluding carboxylic acids is 1. The fourth-order valence-corrected chi connectivity index (χ4v) is 10.7. The third-order valence-corrected chi connectivity index (χ3v) is 15.2. The summed E-state index contributed by atoms with van der Waals surface area (Å²) in [7, 11) is -13.5. The van der Waals surface area contributed by atoms with Gasteiger partial charge in [-0.25, -0.2) is 29.8 Å². The van der Waals surface area contributed by atoms with Crippen LogP contribution in [0.1, 0.15) is 110 Å². The van der Waals surface area contributed by atoms with Crippen molar-refractivity contribution in [2.45, 2.75) is 115 Å². The van der Waals surface area contributed by atoms with Crippen LogP contribution in [-0.2, 0) is 52.4 Å². The second-order valence-electron chi connectivity index (χ2n) is 18.6. The average Bonchev–Trinajstić information content (AvgIpc) is 3.58. The summed E-state index contributed by atoms with van der Waals surface area (Å²) in [5.74, 6) is 0.439. The Bertz CT molecular complexity index is 2850. The van der Waals surface area contributed by atoms with Crippen molar-refractivity contribution in [1.82, 2.24) is 0 Å². The average molecular weight is 1030 g/mol. The number of anilines is 1. The number of aryl methyl sites for hydroxylation is 1. The maximum atomic E-state index is 12.4. The molecule has 6 rings (SSSR count). The van der Waals surface area contributed by atoms with Gasteiger partial charge in [0.15, 0.2) is 5.71 Å². The van der Waals surface area contributed by atoms with Crippen molar-refractivity contribution in [2.24, 2.45) is 5.92 Å². The second-order valence-corrected chi connectivity index (χ2v) is 23.0. The van der Waals surface area contributed by atoms with E-state index in [-0.39, 0.29) is 118 Å². The van der Waals surface area contributed by atoms with Gasteiger partial charge in [-0.3, -0.25) is 4.79 Å². The molecule has 0 unspecified atom stereocenters. The van der Waals surface area contributed by atoms with Crippen molar-refractivity contribution in [3.8, 4) is 5.75 Å². The van der Waals surface area contributed by atoms with Crippen LogP contribution in [0.2, 0.25) is 0 Å². The summed E-state index contributed by atoms with van der Waals surface area (Å²) in [5.41, 5.74) is 6.66. The van der Waals surface area contributed by atoms with E-state index >= 15 is 0 Å². The number of ketones is 1. The van der Waals surface area contributed by atoms with Crippen LogP contribution in [0, 0.1) is 12.0 Å². The molecule has 0 N–H and O–H groups in total. The fraction of sp³-hybridized carbons (Fsp3) is 0.440. The minimum absolute atomic E-state index is 0. The third-order valence-electron chi connectivity index (χ3n) is 12.7. The van der Waals surface area contributed by atoms with E-state index < -0.39 is 52.7 Å². The van der Waals surface area contributed by atoms with E-state index in [4.69, 9.17) is 4.74 Å². The number of benzene rings is 3. The topological polar surface area (TPSA) is 204 Å². The molecule has 13 nitrogen and oxygen atoms in total. The van der Waals surface area contributed by atoms with Gasteiger partial charge in [0, 0.05) is 65.1 Å². The van der Waals surface area contributed by atoms with Gasteiger partial charge in [0.2, 0.25) is 0 Å². The molecular weight excluding hydrogens is 970 g/mol. The number of carbonyl (C=O) groups is 1. The predicted octanol–water partition coefficient (Wildman–Crippen LogP) is -0.731. The van der Waals surface area contributed by atoms with E-state index in [0.29, 0.717) is 74.4 Å². The van der Waals surface area contributed by atoms with E-state index in [1.54, 1.807) is 6.07 Å². The molecule has 356 valence electrons. The van der Waals surface area contributed by atoms with Gasteiger partial charge >= 0.3 is 88.7 Å². The minimum atomic E-state index is -4.77. The quantitative estimate of drug-likeness (QED) is 0.0452. The molecule has 0 bridgehead atoms. The predicted molar refractivity (Wildman–Crippen MR) is 252 cm³/mol. The van der Waals surface area contributed by atoms with Crippen LogP contribution in [0.25, 0.3) is 0 Å². The van der Waals surface area contributed by atoms with E-state index in [2.05, 4.69) is 36.6 Å². The maximum Gasteiger partial charge on any atom is 1.00 e. The monoisotopic (exact) mass is 1030 g/mol. The number of ether oxygens (including phenoxy) is 1. The molecule has 0 amide bonds. The number of unbranched alkanes of at least 4 members (excludes halogenated alkanes) is 2. The molecular formula is C50H59N2Na3O11S3. The summed E-state index contributed by atoms with van der Waals surface area (Å²) >= 11 is 0. The smallest absolute Gasteiger partial charge is 0.748 e. The van der Waals surface area contributed by atoms with Crippen LogP contribution in [0.5, 0.6) is 5.75 Å². The largest absolute Gasteiger partial charge is 1.00 e. The van der Waals surface area contributed by atoms with Crippen LogP contribution < -0.4 is 98.3 Å². The number of Topliss-reactive ketones (excluding diaryl/α,β-unsaturated/α-hetero) is 1. The first-order chi connectivity index (χ1) is 30.9. The number of fused-ring (bicyclic) bond motifs is 2. The Kier molecular flexibility index (Phi) is 22.8. The minimum Gasteiger partial charge on any atom is -0.748 e. The standard InChI is InChI=1S/C50H62N2O11S3.3Na/c1-35(2)45(53)27-20-36-18-23-39(24-19-36)63-48-37(21-28-46-49(3,4)41-16-7-8-17-43(41)51(46)30-9-11-32-64(54,55)56)14-13-15-38(48)22-29-47-50(5,6)42-34-40(66(60,61)62)25-26-44(42)52(47)31-10-12-33-65(57,58)59;;;/h8,16-19,21-26,28-29,34-35H,9-15,20,27,30-33H2,1-6H3,(H,54,55,56)(H,57,58,59)(H,60,61,62);;;/q;3*+1/p-3. The first kappa shape index (κ1) is 61.6. The van der Waals surface area contributed by atoms with E-state index in [9.17, 15) is 43.7 Å². The van der Waals surface area contributed by atoms with Crippen LogP contribution in [-0.4, -0.2) is 79.6 Å². The first-order valence-electron chi connectivity index (χ1n) is 22.4. The van der Waals surface area contributed by atoms with E-state index in [1.165, 1.54) is 12.1 Å². The van der Waals surface area contributed by atoms with E-state index in [1.807, 2.05) is 87.2 Å². The molecule has 3 aromatic rings. The van der Waals surface area contributed by atoms with Gasteiger partial charge < -0.3 is 23.3 Å². The molecule has 0 saturated heterocycles. The van der Waals surface area contributed by atoms with Crippen LogP contribution in [0.3, 0.4) is 0 Å². The van der Waals surface area contributed by atoms with Crippen LogP contribution >= 0.6 is 0 Å². The van der Waals surface area contributed by atoms with Gasteiger partial charge in [0.1, 0.15) is 39.6 Å². The molecule has 0 radical (unpaired) electrons. The Morgan fingerprint density at radius 2 is 1.46 bits per heavy atom. The van der Waals surface area contributed by atoms with Gasteiger partial charge in [-0.2, -0.15) is 18.2 Å². The van der Waals surface area contributed by atoms with Gasteiger partial charge in [-0.05, 0) is 110 Å². The molecule has 2 aliphatic heterocycles. The summed E-state index contributed by atoms with van der Waals surface area (Å²) in [6, 6.07) is 21.0. The molecule has 3 aromatic carbocycles. The van der Waals surface area contributed by atoms with Crippen molar-refractivity contribution in [3.63, 3.8) is 0 Å². The summed E-state index contributed by atoms with van der Waals surface area (Å²) < 4.78 is 114. The second kappa shape index (κ2) is 25.5. The zero-order chi connectivity index (χ0) is 48.2. The Balaban J connectivity index is 0.00000420. The Morgan fingerprint density at radius 1 is 0.812 bits per heavy atom. The van der Waals surface area contributed by atoms with Gasteiger partial charge in [0.25, 0.3) is 0 Å². The van der Waals surface area contributed by atoms with Crippen molar-refractivity contribution in [3.05, 3.63) is 130 Å². The molecule has 2 heterocycles. The summed E-state index contributed by atoms with van der Waals surface area (Å²) in [6.07, 6.45) is 12.5. The molecule has 19 heteroatoms. The van der Waals surface area contributed by atoms with Crippen LogP contribution in [0.4, 0.5) is 11.4 Å². The fourth-order valence-electron chi connectivity index (χ4n) is 9.06. The molecule has 0 fully saturated rings. The third kappa shape index (κ3) is 15.9. The maximum absolute atomic E-state index is 12.4. The van der Waals surface area contributed by atoms with Crippen LogP contribution in [0.15, 0.2) is 112 Å². The molecule has 69 heavy (non-hydrogen) atoms. The van der Waals surface area contributed by atoms with Crippen molar-refractivity contribution in [1.29, 1.82) is 0 Å². The molecule has 0 spiro atoms. The summed E-state index contributed by atoms with van der Waals surface area (Å²) in [5, 5.41) is 0. The van der Waals surface area contributed by atoms with E-state index in [0.717, 1.165) is 45.8 Å². The molecule has 0 saturated carbocycles. The Labute approximate surface area is 476 Å². The van der Waals surface area contributed by atoms with Crippen molar-refractivity contribution in [2.75, 3.05) is 29.5 Å². The Hall–Kier alpha value is -1.71. The number of nitrogens with zero attached hydrogens (tertiary/aromatic N) is 2. The SMILES string of the molecule is CC(C)C(=O)CCc1ccc(OC2=C(/C=C/C3=[N+](CCCCS(=O)(=O)[O-])c4cc[c-]cc4C3(C)C)CCC/C2=C\C=C2\N(CCCCS(=O)(=O)[O-])c3ccc(S(=O)(=O)[O-])cc3C2(C)C)cc1.[Na+].[Na+].[Na+]. The van der Waals surface area contributed by atoms with Crippen molar-refractivity contribution >= 4 is 53.2 Å². The Morgan fingerprint density at radius 3 is 2.09 bits per heavy atom. The zero-order valence-corrected chi connectivity index (χ0v) is 49.9. The number of rotatable bonds is 20. The number of hydrogen-bond acceptors (Lipinski definition) is 12. The van der Waals surface area contributed by atoms with Crippen molar-refractivity contribution < 1.29 is 142 Å². The molecule has 0 aromatic heterocycles. The van der Waals surface area contributed by atoms with Gasteiger partial charge in [-0.15, -0.1) is 6.07 Å². The number of hydrogen-bond donors (Lipinski definition) is 0. The summed E-state index contributed by atoms with van der Waals surface area (Å²) in [4.78, 5) is 14.0. The summed E-state index contributed by atoms with van der Waals surface area (Å²) in [6.45, 7) is 12.7. The zero-order valence-electron chi connectivity index (χ0n) is 41.5. The van der Waals surface area contributed by atoms with Gasteiger partial charge in [0.05, 0.1) is 25.1 Å². The van der Waals surface area contributed by atoms with Gasteiger partial charge in [-0.1, -0.05) is 65.3 Å². The number of allylic oxidation sites excluding steroid dienone is 7. The first-order valence-corrected chi connectivity index (χ1v) is 27.0. The molecule has 0 atom stereocenters. The molecule has 1 aliphatic carbocycles.